The molecule has 0 aromatic heterocycles. The van der Waals surface area contributed by atoms with Crippen LogP contribution in [0.25, 0.3) is 0 Å². The largest absolute Gasteiger partial charge is 0.381 e. The summed E-state index contributed by atoms with van der Waals surface area (Å²) in [6, 6.07) is 5.69. The SMILES string of the molecule is Cc1c(CNC2CCOCC2)cccc1[N+](=O)[O-]. The Bertz CT molecular complexity index is 428. The fourth-order valence-corrected chi connectivity index (χ4v) is 2.22. The molecule has 0 unspecified atom stereocenters. The van der Waals surface area contributed by atoms with Crippen molar-refractivity contribution in [1.82, 2.24) is 5.32 Å². The predicted molar refractivity (Wildman–Crippen MR) is 68.5 cm³/mol. The van der Waals surface area contributed by atoms with Crippen LogP contribution in [-0.2, 0) is 11.3 Å². The molecule has 18 heavy (non-hydrogen) atoms. The second kappa shape index (κ2) is 5.93. The number of hydrogen-bond donors (Lipinski definition) is 1. The second-order valence-corrected chi connectivity index (χ2v) is 4.59. The van der Waals surface area contributed by atoms with Gasteiger partial charge in [0, 0.05) is 37.4 Å². The van der Waals surface area contributed by atoms with Crippen LogP contribution in [0.5, 0.6) is 0 Å². The van der Waals surface area contributed by atoms with E-state index < -0.39 is 0 Å². The fraction of sp³-hybridized carbons (Fsp3) is 0.538. The molecule has 0 atom stereocenters. The maximum atomic E-state index is 10.8. The Morgan fingerprint density at radius 2 is 2.17 bits per heavy atom. The van der Waals surface area contributed by atoms with Crippen LogP contribution >= 0.6 is 0 Å². The lowest BCUT2D eigenvalue weighted by atomic mass is 10.0. The number of nitro benzene ring substituents is 1. The predicted octanol–water partition coefficient (Wildman–Crippen LogP) is 2.17. The number of nitrogens with one attached hydrogen (secondary N) is 1. The Morgan fingerprint density at radius 1 is 1.44 bits per heavy atom. The summed E-state index contributed by atoms with van der Waals surface area (Å²) in [5, 5.41) is 14.3. The lowest BCUT2D eigenvalue weighted by molar-refractivity contribution is -0.385. The molecule has 0 spiro atoms. The van der Waals surface area contributed by atoms with Gasteiger partial charge < -0.3 is 10.1 Å². The van der Waals surface area contributed by atoms with E-state index in [1.807, 2.05) is 6.07 Å². The molecule has 1 fully saturated rings. The van der Waals surface area contributed by atoms with Crippen LogP contribution in [0.4, 0.5) is 5.69 Å². The Labute approximate surface area is 106 Å². The summed E-state index contributed by atoms with van der Waals surface area (Å²) >= 11 is 0. The standard InChI is InChI=1S/C13H18N2O3/c1-10-11(3-2-4-13(10)15(16)17)9-14-12-5-7-18-8-6-12/h2-4,12,14H,5-9H2,1H3. The van der Waals surface area contributed by atoms with Gasteiger partial charge in [0.15, 0.2) is 0 Å². The van der Waals surface area contributed by atoms with E-state index >= 15 is 0 Å². The summed E-state index contributed by atoms with van der Waals surface area (Å²) in [5.74, 6) is 0. The molecule has 1 N–H and O–H groups in total. The molecular weight excluding hydrogens is 232 g/mol. The van der Waals surface area contributed by atoms with Gasteiger partial charge in [-0.15, -0.1) is 0 Å². The molecule has 1 aliphatic heterocycles. The molecule has 0 saturated carbocycles. The highest BCUT2D eigenvalue weighted by molar-refractivity contribution is 5.44. The zero-order valence-electron chi connectivity index (χ0n) is 10.5. The van der Waals surface area contributed by atoms with Gasteiger partial charge >= 0.3 is 0 Å². The Balaban J connectivity index is 2.00. The highest BCUT2D eigenvalue weighted by atomic mass is 16.6. The number of nitro groups is 1. The van der Waals surface area contributed by atoms with Gasteiger partial charge in [0.05, 0.1) is 4.92 Å². The summed E-state index contributed by atoms with van der Waals surface area (Å²) < 4.78 is 5.30. The number of benzene rings is 1. The Morgan fingerprint density at radius 3 is 2.83 bits per heavy atom. The Hall–Kier alpha value is -1.46. The van der Waals surface area contributed by atoms with Crippen molar-refractivity contribution >= 4 is 5.69 Å². The van der Waals surface area contributed by atoms with Crippen molar-refractivity contribution in [3.63, 3.8) is 0 Å². The van der Waals surface area contributed by atoms with Gasteiger partial charge in [0.1, 0.15) is 0 Å². The minimum Gasteiger partial charge on any atom is -0.381 e. The van der Waals surface area contributed by atoms with E-state index in [1.165, 1.54) is 0 Å². The lowest BCUT2D eigenvalue weighted by Crippen LogP contribution is -2.34. The molecule has 0 radical (unpaired) electrons. The minimum atomic E-state index is -0.326. The van der Waals surface area contributed by atoms with Crippen molar-refractivity contribution in [1.29, 1.82) is 0 Å². The molecule has 98 valence electrons. The number of ether oxygens (including phenoxy) is 1. The molecule has 5 heteroatoms. The van der Waals surface area contributed by atoms with Gasteiger partial charge in [0.25, 0.3) is 5.69 Å². The van der Waals surface area contributed by atoms with Gasteiger partial charge in [-0.2, -0.15) is 0 Å². The van der Waals surface area contributed by atoms with Gasteiger partial charge in [-0.25, -0.2) is 0 Å². The third-order valence-electron chi connectivity index (χ3n) is 3.42. The van der Waals surface area contributed by atoms with Crippen molar-refractivity contribution in [3.05, 3.63) is 39.4 Å². The summed E-state index contributed by atoms with van der Waals surface area (Å²) in [7, 11) is 0. The smallest absolute Gasteiger partial charge is 0.272 e. The van der Waals surface area contributed by atoms with E-state index in [4.69, 9.17) is 4.74 Å². The number of rotatable bonds is 4. The molecule has 1 aromatic carbocycles. The van der Waals surface area contributed by atoms with E-state index in [2.05, 4.69) is 5.32 Å². The van der Waals surface area contributed by atoms with Crippen molar-refractivity contribution in [2.75, 3.05) is 13.2 Å². The zero-order chi connectivity index (χ0) is 13.0. The van der Waals surface area contributed by atoms with Crippen molar-refractivity contribution < 1.29 is 9.66 Å². The molecule has 1 saturated heterocycles. The molecular formula is C13H18N2O3. The van der Waals surface area contributed by atoms with Gasteiger partial charge in [-0.3, -0.25) is 10.1 Å². The highest BCUT2D eigenvalue weighted by Gasteiger charge is 2.16. The van der Waals surface area contributed by atoms with Crippen molar-refractivity contribution in [3.8, 4) is 0 Å². The minimum absolute atomic E-state index is 0.196. The van der Waals surface area contributed by atoms with Crippen LogP contribution in [-0.4, -0.2) is 24.2 Å². The molecule has 2 rings (SSSR count). The maximum absolute atomic E-state index is 10.8. The van der Waals surface area contributed by atoms with Crippen LogP contribution in [0, 0.1) is 17.0 Å². The molecule has 1 aliphatic rings. The highest BCUT2D eigenvalue weighted by Crippen LogP contribution is 2.21. The van der Waals surface area contributed by atoms with Crippen molar-refractivity contribution in [2.45, 2.75) is 32.4 Å². The third kappa shape index (κ3) is 3.05. The van der Waals surface area contributed by atoms with Gasteiger partial charge in [0.2, 0.25) is 0 Å². The number of nitrogens with zero attached hydrogens (tertiary/aromatic N) is 1. The van der Waals surface area contributed by atoms with E-state index in [-0.39, 0.29) is 10.6 Å². The molecule has 5 nitrogen and oxygen atoms in total. The lowest BCUT2D eigenvalue weighted by Gasteiger charge is -2.23. The topological polar surface area (TPSA) is 64.4 Å². The first-order valence-corrected chi connectivity index (χ1v) is 6.22. The van der Waals surface area contributed by atoms with E-state index in [0.717, 1.165) is 37.2 Å². The molecule has 1 aromatic rings. The third-order valence-corrected chi connectivity index (χ3v) is 3.42. The first-order valence-electron chi connectivity index (χ1n) is 6.22. The van der Waals surface area contributed by atoms with Crippen LogP contribution in [0.3, 0.4) is 0 Å². The first-order chi connectivity index (χ1) is 8.68. The summed E-state index contributed by atoms with van der Waals surface area (Å²) in [6.45, 7) is 4.08. The van der Waals surface area contributed by atoms with Crippen LogP contribution in [0.15, 0.2) is 18.2 Å². The van der Waals surface area contributed by atoms with E-state index in [1.54, 1.807) is 19.1 Å². The molecule has 1 heterocycles. The first kappa shape index (κ1) is 13.0. The average molecular weight is 250 g/mol. The maximum Gasteiger partial charge on any atom is 0.272 e. The quantitative estimate of drug-likeness (QED) is 0.657. The van der Waals surface area contributed by atoms with Crippen molar-refractivity contribution in [2.24, 2.45) is 0 Å². The second-order valence-electron chi connectivity index (χ2n) is 4.59. The summed E-state index contributed by atoms with van der Waals surface area (Å²) in [6.07, 6.45) is 2.02. The molecule has 0 amide bonds. The van der Waals surface area contributed by atoms with Gasteiger partial charge in [-0.05, 0) is 25.3 Å². The molecule has 0 aliphatic carbocycles. The van der Waals surface area contributed by atoms with Gasteiger partial charge in [-0.1, -0.05) is 12.1 Å². The summed E-state index contributed by atoms with van der Waals surface area (Å²) in [4.78, 5) is 10.5. The average Bonchev–Trinajstić information content (AvgIpc) is 2.38. The summed E-state index contributed by atoms with van der Waals surface area (Å²) in [5.41, 5.74) is 1.94. The fourth-order valence-electron chi connectivity index (χ4n) is 2.22. The zero-order valence-corrected chi connectivity index (χ0v) is 10.5. The normalized spacial score (nSPS) is 16.7. The Kier molecular flexibility index (Phi) is 4.28. The van der Waals surface area contributed by atoms with E-state index in [0.29, 0.717) is 12.6 Å². The van der Waals surface area contributed by atoms with E-state index in [9.17, 15) is 10.1 Å². The molecule has 0 bridgehead atoms. The van der Waals surface area contributed by atoms with Crippen LogP contribution in [0.2, 0.25) is 0 Å². The van der Waals surface area contributed by atoms with Crippen LogP contribution < -0.4 is 5.32 Å². The van der Waals surface area contributed by atoms with Crippen LogP contribution in [0.1, 0.15) is 24.0 Å². The number of hydrogen-bond acceptors (Lipinski definition) is 4. The monoisotopic (exact) mass is 250 g/mol.